The van der Waals surface area contributed by atoms with E-state index in [9.17, 15) is 18.0 Å². The summed E-state index contributed by atoms with van der Waals surface area (Å²) in [4.78, 5) is 26.6. The number of carbonyl (C=O) groups excluding carboxylic acids is 2. The molecular weight excluding hydrogens is 414 g/mol. The fraction of sp³-hybridized carbons (Fsp3) is 0.250. The number of hydrogen-bond acceptors (Lipinski definition) is 5. The highest BCUT2D eigenvalue weighted by Crippen LogP contribution is 2.32. The van der Waals surface area contributed by atoms with Crippen LogP contribution in [0.4, 0.5) is 0 Å². The van der Waals surface area contributed by atoms with Gasteiger partial charge in [-0.3, -0.25) is 9.59 Å². The van der Waals surface area contributed by atoms with Gasteiger partial charge in [-0.1, -0.05) is 29.8 Å². The average Bonchev–Trinajstić information content (AvgIpc) is 2.68. The van der Waals surface area contributed by atoms with E-state index in [1.54, 1.807) is 24.3 Å². The van der Waals surface area contributed by atoms with Crippen LogP contribution in [0.3, 0.4) is 0 Å². The molecule has 0 radical (unpaired) electrons. The summed E-state index contributed by atoms with van der Waals surface area (Å²) in [7, 11) is -4.13. The van der Waals surface area contributed by atoms with Crippen molar-refractivity contribution in [1.82, 2.24) is 9.62 Å². The summed E-state index contributed by atoms with van der Waals surface area (Å²) in [6.45, 7) is 1.88. The molecule has 2 aromatic rings. The van der Waals surface area contributed by atoms with Gasteiger partial charge in [0.05, 0.1) is 22.9 Å². The molecule has 0 aromatic heterocycles. The lowest BCUT2D eigenvalue weighted by molar-refractivity contribution is -0.156. The smallest absolute Gasteiger partial charge is 0.264 e. The topological polar surface area (TPSA) is 107 Å². The summed E-state index contributed by atoms with van der Waals surface area (Å²) in [6, 6.07) is 14.0. The third kappa shape index (κ3) is 4.11. The molecular formula is C20H18ClN3O4S. The summed E-state index contributed by atoms with van der Waals surface area (Å²) < 4.78 is 27.1. The zero-order valence-corrected chi connectivity index (χ0v) is 17.1. The van der Waals surface area contributed by atoms with Crippen molar-refractivity contribution in [1.29, 1.82) is 5.26 Å². The van der Waals surface area contributed by atoms with Crippen LogP contribution >= 0.6 is 11.6 Å². The highest BCUT2D eigenvalue weighted by molar-refractivity contribution is 7.90. The van der Waals surface area contributed by atoms with Crippen LogP contribution in [-0.4, -0.2) is 37.2 Å². The predicted octanol–water partition coefficient (Wildman–Crippen LogP) is 2.25. The van der Waals surface area contributed by atoms with Crippen LogP contribution in [-0.2, 0) is 26.0 Å². The van der Waals surface area contributed by atoms with Crippen molar-refractivity contribution in [2.75, 3.05) is 6.54 Å². The number of sulfonamides is 1. The number of carbonyl (C=O) groups is 2. The van der Waals surface area contributed by atoms with E-state index in [1.807, 2.05) is 10.8 Å². The van der Waals surface area contributed by atoms with Crippen molar-refractivity contribution in [2.24, 2.45) is 0 Å². The van der Waals surface area contributed by atoms with Gasteiger partial charge in [-0.2, -0.15) is 5.26 Å². The second-order valence-corrected chi connectivity index (χ2v) is 9.00. The van der Waals surface area contributed by atoms with Crippen molar-refractivity contribution in [3.05, 3.63) is 64.7 Å². The Morgan fingerprint density at radius 3 is 2.41 bits per heavy atom. The molecule has 2 aromatic carbocycles. The van der Waals surface area contributed by atoms with E-state index in [1.165, 1.54) is 36.1 Å². The minimum Gasteiger partial charge on any atom is -0.328 e. The van der Waals surface area contributed by atoms with Gasteiger partial charge in [0.2, 0.25) is 5.91 Å². The molecule has 1 aliphatic heterocycles. The molecule has 2 amide bonds. The van der Waals surface area contributed by atoms with Crippen LogP contribution in [0.2, 0.25) is 5.02 Å². The van der Waals surface area contributed by atoms with Crippen molar-refractivity contribution in [3.8, 4) is 6.07 Å². The summed E-state index contributed by atoms with van der Waals surface area (Å²) in [5.41, 5.74) is -0.325. The van der Waals surface area contributed by atoms with Gasteiger partial charge in [0.15, 0.2) is 0 Å². The molecule has 29 heavy (non-hydrogen) atoms. The first kappa shape index (κ1) is 20.8. The quantitative estimate of drug-likeness (QED) is 0.781. The Bertz CT molecular complexity index is 1110. The van der Waals surface area contributed by atoms with Crippen molar-refractivity contribution in [3.63, 3.8) is 0 Å². The predicted molar refractivity (Wildman–Crippen MR) is 106 cm³/mol. The Morgan fingerprint density at radius 1 is 1.21 bits per heavy atom. The number of nitrogens with zero attached hydrogens (tertiary/aromatic N) is 2. The lowest BCUT2D eigenvalue weighted by Gasteiger charge is -2.49. The summed E-state index contributed by atoms with van der Waals surface area (Å²) >= 11 is 6.09. The van der Waals surface area contributed by atoms with Gasteiger partial charge in [-0.25, -0.2) is 13.1 Å². The number of likely N-dealkylation sites (tertiary alicyclic amines) is 1. The van der Waals surface area contributed by atoms with E-state index in [-0.39, 0.29) is 17.2 Å². The number of amides is 2. The molecule has 1 unspecified atom stereocenters. The SMILES string of the molecule is CC1(C(=O)NS(=O)(=O)c2ccc(C#N)cc2)CCN1C(=O)Cc1ccccc1Cl. The van der Waals surface area contributed by atoms with Gasteiger partial charge in [0.25, 0.3) is 15.9 Å². The molecule has 1 saturated heterocycles. The van der Waals surface area contributed by atoms with Crippen LogP contribution < -0.4 is 4.72 Å². The van der Waals surface area contributed by atoms with Gasteiger partial charge in [-0.05, 0) is 49.2 Å². The van der Waals surface area contributed by atoms with Crippen LogP contribution in [0, 0.1) is 11.3 Å². The molecule has 9 heteroatoms. The molecule has 7 nitrogen and oxygen atoms in total. The first-order valence-electron chi connectivity index (χ1n) is 8.79. The Kier molecular flexibility index (Phi) is 5.64. The lowest BCUT2D eigenvalue weighted by Crippen LogP contribution is -2.68. The van der Waals surface area contributed by atoms with E-state index >= 15 is 0 Å². The van der Waals surface area contributed by atoms with Gasteiger partial charge in [-0.15, -0.1) is 0 Å². The van der Waals surface area contributed by atoms with Crippen molar-refractivity contribution < 1.29 is 18.0 Å². The molecule has 1 fully saturated rings. The van der Waals surface area contributed by atoms with Crippen LogP contribution in [0.25, 0.3) is 0 Å². The average molecular weight is 432 g/mol. The van der Waals surface area contributed by atoms with Gasteiger partial charge in [0.1, 0.15) is 5.54 Å². The number of halogens is 1. The second kappa shape index (κ2) is 7.85. The third-order valence-corrected chi connectivity index (χ3v) is 6.74. The summed E-state index contributed by atoms with van der Waals surface area (Å²) in [5, 5.41) is 9.27. The van der Waals surface area contributed by atoms with Gasteiger partial charge < -0.3 is 4.90 Å². The standard InChI is InChI=1S/C20H18ClN3O4S/c1-20(10-11-24(20)18(25)12-15-4-2-3-5-17(15)21)19(26)23-29(27,28)16-8-6-14(13-22)7-9-16/h2-9H,10-12H2,1H3,(H,23,26). The molecule has 0 spiro atoms. The molecule has 3 rings (SSSR count). The normalized spacial score (nSPS) is 18.4. The summed E-state index contributed by atoms with van der Waals surface area (Å²) in [5.74, 6) is -1.08. The van der Waals surface area contributed by atoms with E-state index in [4.69, 9.17) is 16.9 Å². The Morgan fingerprint density at radius 2 is 1.86 bits per heavy atom. The molecule has 0 saturated carbocycles. The molecule has 1 aliphatic rings. The lowest BCUT2D eigenvalue weighted by atomic mass is 9.85. The number of benzene rings is 2. The Labute approximate surface area is 173 Å². The molecule has 0 aliphatic carbocycles. The fourth-order valence-corrected chi connectivity index (χ4v) is 4.37. The van der Waals surface area contributed by atoms with E-state index < -0.39 is 21.5 Å². The molecule has 1 N–H and O–H groups in total. The van der Waals surface area contributed by atoms with Crippen molar-refractivity contribution in [2.45, 2.75) is 30.2 Å². The molecule has 150 valence electrons. The number of rotatable bonds is 5. The first-order valence-corrected chi connectivity index (χ1v) is 10.6. The van der Waals surface area contributed by atoms with E-state index in [2.05, 4.69) is 0 Å². The number of nitriles is 1. The van der Waals surface area contributed by atoms with Crippen LogP contribution in [0.5, 0.6) is 0 Å². The molecule has 0 bridgehead atoms. The molecule has 1 atom stereocenters. The van der Waals surface area contributed by atoms with Gasteiger partial charge >= 0.3 is 0 Å². The second-order valence-electron chi connectivity index (χ2n) is 6.91. The minimum atomic E-state index is -4.13. The highest BCUT2D eigenvalue weighted by Gasteiger charge is 2.50. The van der Waals surface area contributed by atoms with E-state index in [0.29, 0.717) is 29.1 Å². The van der Waals surface area contributed by atoms with E-state index in [0.717, 1.165) is 0 Å². The Balaban J connectivity index is 1.73. The number of nitrogens with one attached hydrogen (secondary N) is 1. The maximum Gasteiger partial charge on any atom is 0.264 e. The summed E-state index contributed by atoms with van der Waals surface area (Å²) in [6.07, 6.45) is 0.362. The van der Waals surface area contributed by atoms with Crippen molar-refractivity contribution >= 4 is 33.4 Å². The van der Waals surface area contributed by atoms with Crippen LogP contribution in [0.1, 0.15) is 24.5 Å². The fourth-order valence-electron chi connectivity index (χ4n) is 3.09. The van der Waals surface area contributed by atoms with Crippen LogP contribution in [0.15, 0.2) is 53.4 Å². The first-order chi connectivity index (χ1) is 13.7. The zero-order chi connectivity index (χ0) is 21.2. The largest absolute Gasteiger partial charge is 0.328 e. The zero-order valence-electron chi connectivity index (χ0n) is 15.6. The minimum absolute atomic E-state index is 0.0188. The highest BCUT2D eigenvalue weighted by atomic mass is 35.5. The number of hydrogen-bond donors (Lipinski definition) is 1. The third-order valence-electron chi connectivity index (χ3n) is 5.03. The molecule has 1 heterocycles. The maximum absolute atomic E-state index is 12.7. The maximum atomic E-state index is 12.7. The Hall–Kier alpha value is -2.89. The van der Waals surface area contributed by atoms with Gasteiger partial charge in [0, 0.05) is 11.6 Å². The monoisotopic (exact) mass is 431 g/mol.